The van der Waals surface area contributed by atoms with Crippen molar-refractivity contribution >= 4 is 9.84 Å². The largest absolute Gasteiger partial charge is 0.384 e. The van der Waals surface area contributed by atoms with Crippen LogP contribution in [0.25, 0.3) is 0 Å². The molecule has 0 aromatic carbocycles. The highest BCUT2D eigenvalue weighted by atomic mass is 32.2. The van der Waals surface area contributed by atoms with Crippen molar-refractivity contribution in [2.75, 3.05) is 38.3 Å². The molecule has 0 aliphatic carbocycles. The summed E-state index contributed by atoms with van der Waals surface area (Å²) >= 11 is 0. The topological polar surface area (TPSA) is 55.4 Å². The predicted octanol–water partition coefficient (Wildman–Crippen LogP) is 0.929. The van der Waals surface area contributed by atoms with Crippen LogP contribution in [0.5, 0.6) is 0 Å². The van der Waals surface area contributed by atoms with Gasteiger partial charge in [-0.05, 0) is 30.7 Å². The van der Waals surface area contributed by atoms with Crippen molar-refractivity contribution < 1.29 is 13.2 Å². The molecule has 1 aliphatic rings. The summed E-state index contributed by atoms with van der Waals surface area (Å²) in [6.07, 6.45) is 0.791. The molecule has 2 unspecified atom stereocenters. The zero-order valence-corrected chi connectivity index (χ0v) is 11.9. The second kappa shape index (κ2) is 6.71. The van der Waals surface area contributed by atoms with Crippen LogP contribution in [0.2, 0.25) is 0 Å². The molecule has 0 saturated carbocycles. The zero-order valence-electron chi connectivity index (χ0n) is 11.1. The lowest BCUT2D eigenvalue weighted by Crippen LogP contribution is -2.33. The maximum atomic E-state index is 11.5. The molecule has 1 fully saturated rings. The fourth-order valence-electron chi connectivity index (χ4n) is 2.33. The van der Waals surface area contributed by atoms with Gasteiger partial charge in [-0.25, -0.2) is 8.42 Å². The smallest absolute Gasteiger partial charge is 0.150 e. The number of methoxy groups -OCH3 is 1. The zero-order chi connectivity index (χ0) is 12.9. The number of hydrogen-bond acceptors (Lipinski definition) is 4. The summed E-state index contributed by atoms with van der Waals surface area (Å²) in [5, 5.41) is 3.40. The Morgan fingerprint density at radius 1 is 1.35 bits per heavy atom. The van der Waals surface area contributed by atoms with Crippen molar-refractivity contribution in [3.05, 3.63) is 0 Å². The minimum Gasteiger partial charge on any atom is -0.384 e. The van der Waals surface area contributed by atoms with Gasteiger partial charge in [0.15, 0.2) is 9.84 Å². The molecule has 1 heterocycles. The van der Waals surface area contributed by atoms with Gasteiger partial charge < -0.3 is 10.1 Å². The number of nitrogens with one attached hydrogen (secondary N) is 1. The molecule has 0 amide bonds. The molecule has 5 heteroatoms. The highest BCUT2D eigenvalue weighted by Gasteiger charge is 2.33. The second-order valence-electron chi connectivity index (χ2n) is 5.43. The Morgan fingerprint density at radius 3 is 2.53 bits per heavy atom. The fourth-order valence-corrected chi connectivity index (χ4v) is 4.25. The number of hydrogen-bond donors (Lipinski definition) is 1. The summed E-state index contributed by atoms with van der Waals surface area (Å²) in [6.45, 7) is 6.80. The monoisotopic (exact) mass is 263 g/mol. The summed E-state index contributed by atoms with van der Waals surface area (Å²) in [6, 6.07) is 0. The van der Waals surface area contributed by atoms with Crippen LogP contribution in [-0.4, -0.2) is 46.7 Å². The molecule has 0 radical (unpaired) electrons. The van der Waals surface area contributed by atoms with Crippen molar-refractivity contribution in [1.82, 2.24) is 5.32 Å². The Bertz CT molecular complexity index is 314. The molecule has 1 saturated heterocycles. The van der Waals surface area contributed by atoms with E-state index in [2.05, 4.69) is 19.2 Å². The quantitative estimate of drug-likeness (QED) is 0.742. The summed E-state index contributed by atoms with van der Waals surface area (Å²) in [5.41, 5.74) is 0. The van der Waals surface area contributed by atoms with Crippen molar-refractivity contribution in [3.8, 4) is 0 Å². The van der Waals surface area contributed by atoms with Crippen molar-refractivity contribution in [3.63, 3.8) is 0 Å². The molecule has 1 N–H and O–H groups in total. The van der Waals surface area contributed by atoms with Gasteiger partial charge in [0, 0.05) is 13.7 Å². The first-order valence-electron chi connectivity index (χ1n) is 6.34. The highest BCUT2D eigenvalue weighted by Crippen LogP contribution is 2.26. The van der Waals surface area contributed by atoms with E-state index in [1.807, 2.05) is 0 Å². The van der Waals surface area contributed by atoms with Crippen LogP contribution in [0.1, 0.15) is 20.3 Å². The van der Waals surface area contributed by atoms with E-state index < -0.39 is 9.84 Å². The van der Waals surface area contributed by atoms with Crippen LogP contribution in [0.15, 0.2) is 0 Å². The van der Waals surface area contributed by atoms with Gasteiger partial charge in [-0.15, -0.1) is 0 Å². The van der Waals surface area contributed by atoms with Crippen LogP contribution in [0.3, 0.4) is 0 Å². The molecule has 0 bridgehead atoms. The molecule has 1 aliphatic heterocycles. The fraction of sp³-hybridized carbons (Fsp3) is 1.00. The maximum absolute atomic E-state index is 11.5. The molecule has 4 nitrogen and oxygen atoms in total. The first-order chi connectivity index (χ1) is 7.94. The number of ether oxygens (including phenoxy) is 1. The average molecular weight is 263 g/mol. The van der Waals surface area contributed by atoms with Gasteiger partial charge in [0.25, 0.3) is 0 Å². The van der Waals surface area contributed by atoms with E-state index >= 15 is 0 Å². The third kappa shape index (κ3) is 5.36. The van der Waals surface area contributed by atoms with Gasteiger partial charge in [-0.1, -0.05) is 13.8 Å². The minimum absolute atomic E-state index is 0.264. The standard InChI is InChI=1S/C12H25NO3S/c1-10(2)6-13-7-12(8-16-3)11-4-5-17(14,15)9-11/h10-13H,4-9H2,1-3H3. The van der Waals surface area contributed by atoms with Crippen LogP contribution in [-0.2, 0) is 14.6 Å². The summed E-state index contributed by atoms with van der Waals surface area (Å²) in [4.78, 5) is 0. The lowest BCUT2D eigenvalue weighted by molar-refractivity contribution is 0.124. The second-order valence-corrected chi connectivity index (χ2v) is 7.66. The van der Waals surface area contributed by atoms with E-state index in [0.29, 0.717) is 29.9 Å². The SMILES string of the molecule is COCC(CNCC(C)C)C1CCS(=O)(=O)C1. The van der Waals surface area contributed by atoms with E-state index in [9.17, 15) is 8.42 Å². The lowest BCUT2D eigenvalue weighted by Gasteiger charge is -2.22. The van der Waals surface area contributed by atoms with Crippen molar-refractivity contribution in [1.29, 1.82) is 0 Å². The van der Waals surface area contributed by atoms with E-state index in [4.69, 9.17) is 4.74 Å². The Balaban J connectivity index is 2.43. The maximum Gasteiger partial charge on any atom is 0.150 e. The van der Waals surface area contributed by atoms with Gasteiger partial charge >= 0.3 is 0 Å². The third-order valence-corrected chi connectivity index (χ3v) is 5.07. The van der Waals surface area contributed by atoms with Gasteiger partial charge in [-0.2, -0.15) is 0 Å². The summed E-state index contributed by atoms with van der Waals surface area (Å²) < 4.78 is 28.1. The van der Waals surface area contributed by atoms with Gasteiger partial charge in [0.1, 0.15) is 0 Å². The van der Waals surface area contributed by atoms with Gasteiger partial charge in [0.2, 0.25) is 0 Å². The molecule has 102 valence electrons. The normalized spacial score (nSPS) is 25.3. The lowest BCUT2D eigenvalue weighted by atomic mass is 9.92. The van der Waals surface area contributed by atoms with Crippen LogP contribution < -0.4 is 5.32 Å². The van der Waals surface area contributed by atoms with Gasteiger partial charge in [0.05, 0.1) is 18.1 Å². The Morgan fingerprint density at radius 2 is 2.06 bits per heavy atom. The Hall–Kier alpha value is -0.130. The van der Waals surface area contributed by atoms with Crippen molar-refractivity contribution in [2.45, 2.75) is 20.3 Å². The molecule has 0 spiro atoms. The molecule has 0 aromatic heterocycles. The van der Waals surface area contributed by atoms with E-state index in [-0.39, 0.29) is 5.92 Å². The predicted molar refractivity (Wildman–Crippen MR) is 69.8 cm³/mol. The molecule has 17 heavy (non-hydrogen) atoms. The first kappa shape index (κ1) is 14.9. The molecule has 2 atom stereocenters. The highest BCUT2D eigenvalue weighted by molar-refractivity contribution is 7.91. The van der Waals surface area contributed by atoms with Gasteiger partial charge in [-0.3, -0.25) is 0 Å². The van der Waals surface area contributed by atoms with Crippen LogP contribution in [0, 0.1) is 17.8 Å². The molecule has 1 rings (SSSR count). The van der Waals surface area contributed by atoms with E-state index in [0.717, 1.165) is 19.5 Å². The molecular formula is C12H25NO3S. The first-order valence-corrected chi connectivity index (χ1v) is 8.17. The summed E-state index contributed by atoms with van der Waals surface area (Å²) in [5.74, 6) is 1.88. The minimum atomic E-state index is -2.78. The van der Waals surface area contributed by atoms with Crippen molar-refractivity contribution in [2.24, 2.45) is 17.8 Å². The molecule has 0 aromatic rings. The number of rotatable bonds is 7. The Labute approximate surface area is 105 Å². The molecular weight excluding hydrogens is 238 g/mol. The third-order valence-electron chi connectivity index (χ3n) is 3.27. The van der Waals surface area contributed by atoms with Crippen LogP contribution in [0.4, 0.5) is 0 Å². The van der Waals surface area contributed by atoms with E-state index in [1.165, 1.54) is 0 Å². The number of sulfone groups is 1. The average Bonchev–Trinajstić information content (AvgIpc) is 2.57. The van der Waals surface area contributed by atoms with E-state index in [1.54, 1.807) is 7.11 Å². The van der Waals surface area contributed by atoms with Crippen LogP contribution >= 0.6 is 0 Å². The summed E-state index contributed by atoms with van der Waals surface area (Å²) in [7, 11) is -1.10. The Kier molecular flexibility index (Phi) is 5.89.